The molecule has 1 unspecified atom stereocenters. The van der Waals surface area contributed by atoms with Crippen molar-refractivity contribution in [1.82, 2.24) is 15.5 Å². The Hall–Kier alpha value is -1.56. The molecule has 0 aliphatic carbocycles. The number of aromatic amines is 1. The van der Waals surface area contributed by atoms with Gasteiger partial charge >= 0.3 is 0 Å². The van der Waals surface area contributed by atoms with E-state index in [0.29, 0.717) is 18.0 Å². The first-order valence-corrected chi connectivity index (χ1v) is 5.72. The maximum Gasteiger partial charge on any atom is 0.274 e. The molecule has 0 bridgehead atoms. The van der Waals surface area contributed by atoms with Crippen LogP contribution in [0.2, 0.25) is 0 Å². The van der Waals surface area contributed by atoms with Gasteiger partial charge in [0, 0.05) is 6.61 Å². The highest BCUT2D eigenvalue weighted by Crippen LogP contribution is 2.20. The van der Waals surface area contributed by atoms with Crippen molar-refractivity contribution in [2.24, 2.45) is 0 Å². The number of carbonyl (C=O) groups excluding carboxylic acids is 1. The van der Waals surface area contributed by atoms with E-state index in [4.69, 9.17) is 10.5 Å². The summed E-state index contributed by atoms with van der Waals surface area (Å²) in [5.41, 5.74) is 6.81. The Morgan fingerprint density at radius 1 is 1.65 bits per heavy atom. The molecule has 1 atom stereocenters. The van der Waals surface area contributed by atoms with Gasteiger partial charge in [-0.1, -0.05) is 0 Å². The molecule has 4 N–H and O–H groups in total. The van der Waals surface area contributed by atoms with Crippen molar-refractivity contribution in [3.05, 3.63) is 11.4 Å². The highest BCUT2D eigenvalue weighted by molar-refractivity contribution is 5.98. The van der Waals surface area contributed by atoms with Crippen LogP contribution in [0.5, 0.6) is 0 Å². The zero-order chi connectivity index (χ0) is 12.5. The average molecular weight is 238 g/mol. The first-order valence-electron chi connectivity index (χ1n) is 5.72. The second-order valence-electron chi connectivity index (χ2n) is 4.78. The molecule has 1 aromatic rings. The monoisotopic (exact) mass is 238 g/mol. The van der Waals surface area contributed by atoms with Gasteiger partial charge in [0.15, 0.2) is 5.69 Å². The van der Waals surface area contributed by atoms with E-state index in [1.165, 1.54) is 0 Å². The lowest BCUT2D eigenvalue weighted by molar-refractivity contribution is 0.0271. The standard InChI is InChI=1S/C11H18N4O2/c1-7-8(12)9(15-14-7)10(16)13-11(2)4-3-5-17-6-11/h3-6,12H2,1-2H3,(H,13,16)(H,14,15). The number of nitrogens with zero attached hydrogens (tertiary/aromatic N) is 1. The molecule has 94 valence electrons. The van der Waals surface area contributed by atoms with E-state index >= 15 is 0 Å². The fraction of sp³-hybridized carbons (Fsp3) is 0.636. The highest BCUT2D eigenvalue weighted by atomic mass is 16.5. The summed E-state index contributed by atoms with van der Waals surface area (Å²) in [4.78, 5) is 12.0. The Bertz CT molecular complexity index is 421. The van der Waals surface area contributed by atoms with Crippen LogP contribution in [0.4, 0.5) is 5.69 Å². The number of nitrogen functional groups attached to an aromatic ring is 1. The number of aromatic nitrogens is 2. The fourth-order valence-electron chi connectivity index (χ4n) is 1.98. The summed E-state index contributed by atoms with van der Waals surface area (Å²) in [6.45, 7) is 5.04. The quantitative estimate of drug-likeness (QED) is 0.703. The second-order valence-corrected chi connectivity index (χ2v) is 4.78. The number of H-pyrrole nitrogens is 1. The number of rotatable bonds is 2. The van der Waals surface area contributed by atoms with Crippen LogP contribution in [0.3, 0.4) is 0 Å². The lowest BCUT2D eigenvalue weighted by Gasteiger charge is -2.34. The molecule has 6 nitrogen and oxygen atoms in total. The van der Waals surface area contributed by atoms with Gasteiger partial charge in [0.1, 0.15) is 0 Å². The van der Waals surface area contributed by atoms with Crippen molar-refractivity contribution in [1.29, 1.82) is 0 Å². The Morgan fingerprint density at radius 2 is 2.41 bits per heavy atom. The normalized spacial score (nSPS) is 24.6. The van der Waals surface area contributed by atoms with Crippen molar-refractivity contribution in [2.75, 3.05) is 18.9 Å². The van der Waals surface area contributed by atoms with Gasteiger partial charge in [0.2, 0.25) is 0 Å². The summed E-state index contributed by atoms with van der Waals surface area (Å²) >= 11 is 0. The molecule has 1 aromatic heterocycles. The number of amides is 1. The number of ether oxygens (including phenoxy) is 1. The lowest BCUT2D eigenvalue weighted by Crippen LogP contribution is -2.51. The van der Waals surface area contributed by atoms with Gasteiger partial charge in [0.05, 0.1) is 23.5 Å². The molecule has 0 aromatic carbocycles. The summed E-state index contributed by atoms with van der Waals surface area (Å²) in [5, 5.41) is 9.55. The minimum absolute atomic E-state index is 0.250. The van der Waals surface area contributed by atoms with Crippen molar-refractivity contribution in [2.45, 2.75) is 32.2 Å². The molecule has 1 saturated heterocycles. The molecule has 2 heterocycles. The number of nitrogens with two attached hydrogens (primary N) is 1. The largest absolute Gasteiger partial charge is 0.395 e. The predicted octanol–water partition coefficient (Wildman–Crippen LogP) is 0.599. The maximum atomic E-state index is 12.0. The van der Waals surface area contributed by atoms with E-state index < -0.39 is 0 Å². The van der Waals surface area contributed by atoms with Crippen molar-refractivity contribution in [3.8, 4) is 0 Å². The van der Waals surface area contributed by atoms with E-state index in [0.717, 1.165) is 19.4 Å². The summed E-state index contributed by atoms with van der Waals surface area (Å²) < 4.78 is 5.38. The minimum atomic E-state index is -0.325. The third-order valence-corrected chi connectivity index (χ3v) is 3.06. The van der Waals surface area contributed by atoms with Crippen molar-refractivity contribution in [3.63, 3.8) is 0 Å². The first-order chi connectivity index (χ1) is 8.02. The molecule has 1 aliphatic rings. The average Bonchev–Trinajstić information content (AvgIpc) is 2.60. The van der Waals surface area contributed by atoms with Crippen LogP contribution in [0.25, 0.3) is 0 Å². The van der Waals surface area contributed by atoms with E-state index in [1.807, 2.05) is 6.92 Å². The third kappa shape index (κ3) is 2.41. The van der Waals surface area contributed by atoms with Gasteiger partial charge in [-0.25, -0.2) is 0 Å². The lowest BCUT2D eigenvalue weighted by atomic mass is 9.94. The molecule has 1 fully saturated rings. The number of carbonyl (C=O) groups is 1. The summed E-state index contributed by atoms with van der Waals surface area (Å²) in [7, 11) is 0. The van der Waals surface area contributed by atoms with Gasteiger partial charge in [-0.05, 0) is 26.7 Å². The summed E-state index contributed by atoms with van der Waals surface area (Å²) in [6, 6.07) is 0. The number of hydrogen-bond acceptors (Lipinski definition) is 4. The molecular weight excluding hydrogens is 220 g/mol. The van der Waals surface area contributed by atoms with Gasteiger partial charge < -0.3 is 15.8 Å². The van der Waals surface area contributed by atoms with Crippen LogP contribution >= 0.6 is 0 Å². The van der Waals surface area contributed by atoms with Crippen LogP contribution in [0.15, 0.2) is 0 Å². The molecule has 17 heavy (non-hydrogen) atoms. The second kappa shape index (κ2) is 4.37. The maximum absolute atomic E-state index is 12.0. The van der Waals surface area contributed by atoms with E-state index in [9.17, 15) is 4.79 Å². The van der Waals surface area contributed by atoms with E-state index in [-0.39, 0.29) is 17.1 Å². The fourth-order valence-corrected chi connectivity index (χ4v) is 1.98. The SMILES string of the molecule is Cc1[nH]nc(C(=O)NC2(C)CCCOC2)c1N. The minimum Gasteiger partial charge on any atom is -0.395 e. The Balaban J connectivity index is 2.08. The van der Waals surface area contributed by atoms with Gasteiger partial charge in [-0.15, -0.1) is 0 Å². The Kier molecular flexibility index (Phi) is 3.06. The van der Waals surface area contributed by atoms with Crippen LogP contribution in [0.1, 0.15) is 35.9 Å². The molecule has 1 amide bonds. The van der Waals surface area contributed by atoms with Gasteiger partial charge in [-0.3, -0.25) is 9.89 Å². The Morgan fingerprint density at radius 3 is 2.94 bits per heavy atom. The Labute approximate surface area is 99.9 Å². The predicted molar refractivity (Wildman–Crippen MR) is 63.7 cm³/mol. The number of hydrogen-bond donors (Lipinski definition) is 3. The van der Waals surface area contributed by atoms with Crippen molar-refractivity contribution >= 4 is 11.6 Å². The molecule has 2 rings (SSSR count). The topological polar surface area (TPSA) is 93.0 Å². The third-order valence-electron chi connectivity index (χ3n) is 3.06. The van der Waals surface area contributed by atoms with E-state index in [1.54, 1.807) is 6.92 Å². The van der Waals surface area contributed by atoms with Crippen LogP contribution < -0.4 is 11.1 Å². The molecule has 0 spiro atoms. The number of anilines is 1. The molecular formula is C11H18N4O2. The number of nitrogens with one attached hydrogen (secondary N) is 2. The van der Waals surface area contributed by atoms with Gasteiger partial charge in [-0.2, -0.15) is 5.10 Å². The molecule has 0 saturated carbocycles. The molecule has 1 aliphatic heterocycles. The van der Waals surface area contributed by atoms with Crippen molar-refractivity contribution < 1.29 is 9.53 Å². The van der Waals surface area contributed by atoms with Gasteiger partial charge in [0.25, 0.3) is 5.91 Å². The zero-order valence-corrected chi connectivity index (χ0v) is 10.2. The molecule has 6 heteroatoms. The zero-order valence-electron chi connectivity index (χ0n) is 10.2. The van der Waals surface area contributed by atoms with Crippen LogP contribution in [-0.2, 0) is 4.74 Å². The summed E-state index contributed by atoms with van der Waals surface area (Å²) in [6.07, 6.45) is 1.86. The first kappa shape index (κ1) is 11.9. The molecule has 0 radical (unpaired) electrons. The van der Waals surface area contributed by atoms with E-state index in [2.05, 4.69) is 15.5 Å². The van der Waals surface area contributed by atoms with Crippen LogP contribution in [0, 0.1) is 6.92 Å². The highest BCUT2D eigenvalue weighted by Gasteiger charge is 2.31. The summed E-state index contributed by atoms with van der Waals surface area (Å²) in [5.74, 6) is -0.250. The van der Waals surface area contributed by atoms with Crippen LogP contribution in [-0.4, -0.2) is 34.9 Å². The smallest absolute Gasteiger partial charge is 0.274 e. The number of aryl methyl sites for hydroxylation is 1.